The fraction of sp³-hybridized carbons (Fsp3) is 0.333. The Kier molecular flexibility index (Phi) is 3.38. The van der Waals surface area contributed by atoms with Gasteiger partial charge in [0.1, 0.15) is 5.82 Å². The second-order valence-electron chi connectivity index (χ2n) is 6.34. The molecule has 3 aromatic rings. The number of likely N-dealkylation sites (tertiary alicyclic amines) is 1. The van der Waals surface area contributed by atoms with Crippen LogP contribution in [0.2, 0.25) is 0 Å². The number of rotatable bonds is 3. The number of halogens is 1. The second kappa shape index (κ2) is 5.42. The van der Waals surface area contributed by atoms with E-state index in [0.29, 0.717) is 5.92 Å². The summed E-state index contributed by atoms with van der Waals surface area (Å²) in [5, 5.41) is 5.51. The molecule has 0 unspecified atom stereocenters. The van der Waals surface area contributed by atoms with Gasteiger partial charge in [-0.3, -0.25) is 9.58 Å². The van der Waals surface area contributed by atoms with Crippen LogP contribution in [0.5, 0.6) is 0 Å². The molecule has 0 atom stereocenters. The molecule has 1 aromatic carbocycles. The summed E-state index contributed by atoms with van der Waals surface area (Å²) >= 11 is 0. The van der Waals surface area contributed by atoms with Gasteiger partial charge in [-0.2, -0.15) is 5.10 Å². The number of aromatic nitrogens is 3. The molecule has 1 fully saturated rings. The SMILES string of the molecule is Cc1nn(C)c2ncc(CN3CC(c4ccccc4F)C3)cc12. The maximum Gasteiger partial charge on any atom is 0.157 e. The highest BCUT2D eigenvalue weighted by Gasteiger charge is 2.29. The zero-order valence-electron chi connectivity index (χ0n) is 13.3. The van der Waals surface area contributed by atoms with Crippen molar-refractivity contribution in [1.82, 2.24) is 19.7 Å². The third-order valence-electron chi connectivity index (χ3n) is 4.63. The van der Waals surface area contributed by atoms with Crippen LogP contribution in [-0.4, -0.2) is 32.8 Å². The van der Waals surface area contributed by atoms with E-state index in [4.69, 9.17) is 0 Å². The van der Waals surface area contributed by atoms with Crippen molar-refractivity contribution in [3.63, 3.8) is 0 Å². The lowest BCUT2D eigenvalue weighted by molar-refractivity contribution is 0.137. The largest absolute Gasteiger partial charge is 0.298 e. The second-order valence-corrected chi connectivity index (χ2v) is 6.34. The fourth-order valence-electron chi connectivity index (χ4n) is 3.40. The number of hydrogen-bond acceptors (Lipinski definition) is 3. The van der Waals surface area contributed by atoms with E-state index < -0.39 is 0 Å². The highest BCUT2D eigenvalue weighted by molar-refractivity contribution is 5.78. The van der Waals surface area contributed by atoms with Gasteiger partial charge in [-0.15, -0.1) is 0 Å². The normalized spacial score (nSPS) is 16.0. The average Bonchev–Trinajstić information content (AvgIpc) is 2.78. The molecule has 1 aliphatic heterocycles. The van der Waals surface area contributed by atoms with Crippen molar-refractivity contribution in [2.75, 3.05) is 13.1 Å². The number of benzene rings is 1. The molecule has 4 rings (SSSR count). The maximum absolute atomic E-state index is 13.8. The molecule has 1 saturated heterocycles. The van der Waals surface area contributed by atoms with Crippen molar-refractivity contribution >= 4 is 11.0 Å². The molecule has 2 aromatic heterocycles. The van der Waals surface area contributed by atoms with Crippen LogP contribution in [0.25, 0.3) is 11.0 Å². The molecule has 0 radical (unpaired) electrons. The third kappa shape index (κ3) is 2.51. The van der Waals surface area contributed by atoms with Crippen LogP contribution in [-0.2, 0) is 13.6 Å². The molecule has 23 heavy (non-hydrogen) atoms. The summed E-state index contributed by atoms with van der Waals surface area (Å²) in [6.45, 7) is 4.64. The predicted octanol–water partition coefficient (Wildman–Crippen LogP) is 3.02. The Hall–Kier alpha value is -2.27. The van der Waals surface area contributed by atoms with E-state index in [1.807, 2.05) is 37.0 Å². The minimum Gasteiger partial charge on any atom is -0.298 e. The van der Waals surface area contributed by atoms with Gasteiger partial charge in [-0.05, 0) is 30.2 Å². The molecule has 0 aliphatic carbocycles. The standard InChI is InChI=1S/C18H19FN4/c1-12-16-7-13(8-20-18(16)22(2)21-12)9-23-10-14(11-23)15-5-3-4-6-17(15)19/h3-8,14H,9-11H2,1-2H3. The zero-order valence-corrected chi connectivity index (χ0v) is 13.3. The molecule has 4 nitrogen and oxygen atoms in total. The molecule has 5 heteroatoms. The lowest BCUT2D eigenvalue weighted by atomic mass is 9.90. The van der Waals surface area contributed by atoms with Crippen LogP contribution >= 0.6 is 0 Å². The Bertz CT molecular complexity index is 865. The van der Waals surface area contributed by atoms with Gasteiger partial charge in [0.2, 0.25) is 0 Å². The Morgan fingerprint density at radius 3 is 2.83 bits per heavy atom. The number of aryl methyl sites for hydroxylation is 2. The Balaban J connectivity index is 1.46. The van der Waals surface area contributed by atoms with Gasteiger partial charge in [-0.25, -0.2) is 9.37 Å². The van der Waals surface area contributed by atoms with Gasteiger partial charge in [0.15, 0.2) is 5.65 Å². The molecule has 0 bridgehead atoms. The number of fused-ring (bicyclic) bond motifs is 1. The molecule has 0 saturated carbocycles. The van der Waals surface area contributed by atoms with Crippen LogP contribution in [0.15, 0.2) is 36.5 Å². The van der Waals surface area contributed by atoms with Crippen LogP contribution in [0, 0.1) is 12.7 Å². The highest BCUT2D eigenvalue weighted by atomic mass is 19.1. The van der Waals surface area contributed by atoms with E-state index in [1.54, 1.807) is 12.1 Å². The van der Waals surface area contributed by atoms with Crippen molar-refractivity contribution in [2.24, 2.45) is 7.05 Å². The van der Waals surface area contributed by atoms with Crippen LogP contribution in [0.1, 0.15) is 22.7 Å². The first-order valence-electron chi connectivity index (χ1n) is 7.87. The monoisotopic (exact) mass is 310 g/mol. The predicted molar refractivity (Wildman–Crippen MR) is 87.7 cm³/mol. The Labute approximate surface area is 134 Å². The lowest BCUT2D eigenvalue weighted by Crippen LogP contribution is -2.44. The molecule has 0 spiro atoms. The lowest BCUT2D eigenvalue weighted by Gasteiger charge is -2.39. The van der Waals surface area contributed by atoms with Crippen molar-refractivity contribution in [2.45, 2.75) is 19.4 Å². The van der Waals surface area contributed by atoms with E-state index in [0.717, 1.165) is 41.9 Å². The fourth-order valence-corrected chi connectivity index (χ4v) is 3.40. The minimum absolute atomic E-state index is 0.0915. The summed E-state index contributed by atoms with van der Waals surface area (Å²) in [5.41, 5.74) is 3.93. The van der Waals surface area contributed by atoms with Gasteiger partial charge in [0.05, 0.1) is 5.69 Å². The summed E-state index contributed by atoms with van der Waals surface area (Å²) < 4.78 is 15.6. The number of nitrogens with zero attached hydrogens (tertiary/aromatic N) is 4. The van der Waals surface area contributed by atoms with Gasteiger partial charge in [0, 0.05) is 44.2 Å². The topological polar surface area (TPSA) is 34.0 Å². The Morgan fingerprint density at radius 2 is 2.04 bits per heavy atom. The smallest absolute Gasteiger partial charge is 0.157 e. The van der Waals surface area contributed by atoms with Crippen LogP contribution in [0.3, 0.4) is 0 Å². The molecule has 118 valence electrons. The first-order chi connectivity index (χ1) is 11.1. The summed E-state index contributed by atoms with van der Waals surface area (Å²) in [4.78, 5) is 6.84. The van der Waals surface area contributed by atoms with Gasteiger partial charge < -0.3 is 0 Å². The molecular weight excluding hydrogens is 291 g/mol. The molecule has 0 amide bonds. The summed E-state index contributed by atoms with van der Waals surface area (Å²) in [7, 11) is 1.91. The Morgan fingerprint density at radius 1 is 1.26 bits per heavy atom. The number of pyridine rings is 1. The van der Waals surface area contributed by atoms with Crippen LogP contribution < -0.4 is 0 Å². The molecule has 3 heterocycles. The number of hydrogen-bond donors (Lipinski definition) is 0. The molecule has 1 aliphatic rings. The summed E-state index contributed by atoms with van der Waals surface area (Å²) in [5.74, 6) is 0.208. The quantitative estimate of drug-likeness (QED) is 0.746. The minimum atomic E-state index is -0.0915. The van der Waals surface area contributed by atoms with Gasteiger partial charge in [-0.1, -0.05) is 18.2 Å². The van der Waals surface area contributed by atoms with Crippen molar-refractivity contribution in [3.8, 4) is 0 Å². The van der Waals surface area contributed by atoms with Gasteiger partial charge in [0.25, 0.3) is 0 Å². The van der Waals surface area contributed by atoms with E-state index in [-0.39, 0.29) is 5.82 Å². The first-order valence-corrected chi connectivity index (χ1v) is 7.87. The first kappa shape index (κ1) is 14.3. The summed E-state index contributed by atoms with van der Waals surface area (Å²) in [6, 6.07) is 9.25. The van der Waals surface area contributed by atoms with E-state index in [1.165, 1.54) is 5.56 Å². The van der Waals surface area contributed by atoms with E-state index >= 15 is 0 Å². The third-order valence-corrected chi connectivity index (χ3v) is 4.63. The zero-order chi connectivity index (χ0) is 16.0. The van der Waals surface area contributed by atoms with Crippen LogP contribution in [0.4, 0.5) is 4.39 Å². The highest BCUT2D eigenvalue weighted by Crippen LogP contribution is 2.30. The maximum atomic E-state index is 13.8. The summed E-state index contributed by atoms with van der Waals surface area (Å²) in [6.07, 6.45) is 1.92. The van der Waals surface area contributed by atoms with E-state index in [9.17, 15) is 4.39 Å². The van der Waals surface area contributed by atoms with E-state index in [2.05, 4.69) is 21.0 Å². The molecular formula is C18H19FN4. The van der Waals surface area contributed by atoms with Crippen molar-refractivity contribution < 1.29 is 4.39 Å². The average molecular weight is 310 g/mol. The van der Waals surface area contributed by atoms with Crippen molar-refractivity contribution in [3.05, 3.63) is 59.2 Å². The molecule has 0 N–H and O–H groups in total. The van der Waals surface area contributed by atoms with Crippen molar-refractivity contribution in [1.29, 1.82) is 0 Å². The van der Waals surface area contributed by atoms with Gasteiger partial charge >= 0.3 is 0 Å².